The van der Waals surface area contributed by atoms with E-state index < -0.39 is 12.1 Å². The van der Waals surface area contributed by atoms with Gasteiger partial charge in [-0.1, -0.05) is 12.1 Å². The molecular formula is C23H18F3N3O5. The van der Waals surface area contributed by atoms with Crippen LogP contribution in [0.3, 0.4) is 0 Å². The number of ether oxygens (including phenoxy) is 2. The van der Waals surface area contributed by atoms with Crippen LogP contribution in [-0.2, 0) is 11.3 Å². The Bertz CT molecular complexity index is 1310. The smallest absolute Gasteiger partial charge is 0.475 e. The van der Waals surface area contributed by atoms with Crippen LogP contribution in [0.1, 0.15) is 5.76 Å². The molecule has 0 spiro atoms. The molecule has 0 fully saturated rings. The van der Waals surface area contributed by atoms with E-state index in [-0.39, 0.29) is 6.79 Å². The molecule has 176 valence electrons. The lowest BCUT2D eigenvalue weighted by Crippen LogP contribution is -2.21. The molecule has 0 unspecified atom stereocenters. The van der Waals surface area contributed by atoms with E-state index in [1.807, 2.05) is 43.4 Å². The Hall–Kier alpha value is -4.28. The van der Waals surface area contributed by atoms with Crippen molar-refractivity contribution in [2.45, 2.75) is 12.7 Å². The molecule has 8 nitrogen and oxygen atoms in total. The third-order valence-electron chi connectivity index (χ3n) is 4.90. The van der Waals surface area contributed by atoms with Crippen LogP contribution in [0.15, 0.2) is 65.5 Å². The van der Waals surface area contributed by atoms with Gasteiger partial charge in [0.15, 0.2) is 11.5 Å². The zero-order chi connectivity index (χ0) is 24.3. The van der Waals surface area contributed by atoms with Crippen LogP contribution in [0.2, 0.25) is 0 Å². The molecule has 0 saturated heterocycles. The number of aromatic nitrogens is 2. The fourth-order valence-corrected chi connectivity index (χ4v) is 3.31. The van der Waals surface area contributed by atoms with E-state index in [2.05, 4.69) is 27.0 Å². The molecule has 0 saturated carbocycles. The number of alkyl halides is 3. The highest BCUT2D eigenvalue weighted by molar-refractivity contribution is 5.93. The number of anilines is 1. The fraction of sp³-hybridized carbons (Fsp3) is 0.174. The molecule has 3 heterocycles. The minimum atomic E-state index is -5.08. The van der Waals surface area contributed by atoms with Crippen molar-refractivity contribution >= 4 is 22.7 Å². The van der Waals surface area contributed by atoms with E-state index in [0.717, 1.165) is 45.1 Å². The first-order valence-electron chi connectivity index (χ1n) is 9.91. The van der Waals surface area contributed by atoms with Gasteiger partial charge in [-0.05, 0) is 47.5 Å². The number of fused-ring (bicyclic) bond motifs is 2. The van der Waals surface area contributed by atoms with E-state index in [9.17, 15) is 13.2 Å². The zero-order valence-corrected chi connectivity index (χ0v) is 17.7. The third kappa shape index (κ3) is 5.03. The first kappa shape index (κ1) is 22.9. The van der Waals surface area contributed by atoms with Gasteiger partial charge < -0.3 is 23.9 Å². The summed E-state index contributed by atoms with van der Waals surface area (Å²) in [6.45, 7) is 0.902. The SMILES string of the molecule is CN(Cc1ccco1)c1ncnc2ccc(-c3ccc4c(c3)OCO4)cc12.O=C(O)C(F)(F)F. The average molecular weight is 473 g/mol. The Morgan fingerprint density at radius 3 is 2.47 bits per heavy atom. The van der Waals surface area contributed by atoms with E-state index in [1.54, 1.807) is 12.6 Å². The average Bonchev–Trinajstić information content (AvgIpc) is 3.49. The molecule has 0 bridgehead atoms. The second kappa shape index (κ2) is 9.30. The lowest BCUT2D eigenvalue weighted by atomic mass is 10.0. The Balaban J connectivity index is 0.000000344. The highest BCUT2D eigenvalue weighted by atomic mass is 19.4. The summed E-state index contributed by atoms with van der Waals surface area (Å²) >= 11 is 0. The highest BCUT2D eigenvalue weighted by Crippen LogP contribution is 2.37. The van der Waals surface area contributed by atoms with Gasteiger partial charge >= 0.3 is 12.1 Å². The van der Waals surface area contributed by atoms with Crippen molar-refractivity contribution < 1.29 is 37.0 Å². The summed E-state index contributed by atoms with van der Waals surface area (Å²) in [5.74, 6) is 0.538. The number of hydrogen-bond acceptors (Lipinski definition) is 7. The predicted molar refractivity (Wildman–Crippen MR) is 116 cm³/mol. The number of carbonyl (C=O) groups is 1. The summed E-state index contributed by atoms with van der Waals surface area (Å²) < 4.78 is 48.1. The summed E-state index contributed by atoms with van der Waals surface area (Å²) in [5.41, 5.74) is 3.03. The molecule has 1 aliphatic heterocycles. The van der Waals surface area contributed by atoms with Gasteiger partial charge in [-0.3, -0.25) is 0 Å². The van der Waals surface area contributed by atoms with E-state index in [0.29, 0.717) is 6.54 Å². The van der Waals surface area contributed by atoms with Crippen LogP contribution in [0.5, 0.6) is 11.5 Å². The molecule has 0 amide bonds. The molecule has 34 heavy (non-hydrogen) atoms. The Kier molecular flexibility index (Phi) is 6.26. The van der Waals surface area contributed by atoms with Crippen molar-refractivity contribution in [2.75, 3.05) is 18.7 Å². The molecule has 2 aromatic carbocycles. The number of halogens is 3. The van der Waals surface area contributed by atoms with Crippen LogP contribution in [0, 0.1) is 0 Å². The number of hydrogen-bond donors (Lipinski definition) is 1. The van der Waals surface area contributed by atoms with Crippen molar-refractivity contribution in [3.05, 3.63) is 66.9 Å². The van der Waals surface area contributed by atoms with Gasteiger partial charge in [0, 0.05) is 12.4 Å². The number of nitrogens with zero attached hydrogens (tertiary/aromatic N) is 3. The van der Waals surface area contributed by atoms with Crippen LogP contribution < -0.4 is 14.4 Å². The Morgan fingerprint density at radius 2 is 1.76 bits per heavy atom. The predicted octanol–water partition coefficient (Wildman–Crippen LogP) is 4.89. The van der Waals surface area contributed by atoms with Gasteiger partial charge in [0.2, 0.25) is 6.79 Å². The molecule has 0 radical (unpaired) electrons. The van der Waals surface area contributed by atoms with Crippen molar-refractivity contribution in [1.29, 1.82) is 0 Å². The highest BCUT2D eigenvalue weighted by Gasteiger charge is 2.38. The van der Waals surface area contributed by atoms with Crippen molar-refractivity contribution in [3.63, 3.8) is 0 Å². The van der Waals surface area contributed by atoms with Gasteiger partial charge in [-0.15, -0.1) is 0 Å². The third-order valence-corrected chi connectivity index (χ3v) is 4.90. The van der Waals surface area contributed by atoms with Gasteiger partial charge in [0.25, 0.3) is 0 Å². The van der Waals surface area contributed by atoms with E-state index in [1.165, 1.54) is 0 Å². The number of rotatable bonds is 4. The summed E-state index contributed by atoms with van der Waals surface area (Å²) in [6, 6.07) is 16.0. The Morgan fingerprint density at radius 1 is 1.06 bits per heavy atom. The number of aliphatic carboxylic acids is 1. The summed E-state index contributed by atoms with van der Waals surface area (Å²) in [6.07, 6.45) is -1.81. The number of carboxylic acids is 1. The standard InChI is InChI=1S/C21H17N3O3.C2HF3O2/c1-24(11-16-3-2-8-25-16)21-17-9-14(4-6-18(17)22-12-23-21)15-5-7-19-20(10-15)27-13-26-19;3-2(4,5)1(6)7/h2-10,12H,11,13H2,1H3;(H,6,7). The van der Waals surface area contributed by atoms with Gasteiger partial charge in [-0.2, -0.15) is 13.2 Å². The number of carboxylic acid groups (broad SMARTS) is 1. The molecule has 1 aliphatic rings. The fourth-order valence-electron chi connectivity index (χ4n) is 3.31. The van der Waals surface area contributed by atoms with Gasteiger partial charge in [0.05, 0.1) is 18.3 Å². The molecule has 2 aromatic heterocycles. The van der Waals surface area contributed by atoms with Crippen LogP contribution in [-0.4, -0.2) is 41.1 Å². The molecule has 0 aliphatic carbocycles. The maximum absolute atomic E-state index is 10.6. The lowest BCUT2D eigenvalue weighted by molar-refractivity contribution is -0.192. The Labute approximate surface area is 191 Å². The second-order valence-electron chi connectivity index (χ2n) is 7.24. The molecular weight excluding hydrogens is 455 g/mol. The van der Waals surface area contributed by atoms with Crippen molar-refractivity contribution in [3.8, 4) is 22.6 Å². The zero-order valence-electron chi connectivity index (χ0n) is 17.7. The van der Waals surface area contributed by atoms with Crippen LogP contribution in [0.25, 0.3) is 22.0 Å². The topological polar surface area (TPSA) is 97.9 Å². The number of furan rings is 1. The normalized spacial score (nSPS) is 12.2. The molecule has 11 heteroatoms. The first-order valence-corrected chi connectivity index (χ1v) is 9.91. The molecule has 1 N–H and O–H groups in total. The minimum absolute atomic E-state index is 0.270. The van der Waals surface area contributed by atoms with Gasteiger partial charge in [-0.25, -0.2) is 14.8 Å². The summed E-state index contributed by atoms with van der Waals surface area (Å²) in [4.78, 5) is 19.9. The maximum atomic E-state index is 10.6. The van der Waals surface area contributed by atoms with Crippen molar-refractivity contribution in [1.82, 2.24) is 9.97 Å². The summed E-state index contributed by atoms with van der Waals surface area (Å²) in [5, 5.41) is 8.11. The van der Waals surface area contributed by atoms with E-state index in [4.69, 9.17) is 23.8 Å². The minimum Gasteiger partial charge on any atom is -0.475 e. The molecule has 4 aromatic rings. The van der Waals surface area contributed by atoms with Crippen molar-refractivity contribution in [2.24, 2.45) is 0 Å². The monoisotopic (exact) mass is 473 g/mol. The molecule has 5 rings (SSSR count). The maximum Gasteiger partial charge on any atom is 0.490 e. The quantitative estimate of drug-likeness (QED) is 0.448. The lowest BCUT2D eigenvalue weighted by Gasteiger charge is -2.18. The van der Waals surface area contributed by atoms with Gasteiger partial charge in [0.1, 0.15) is 17.9 Å². The van der Waals surface area contributed by atoms with Crippen LogP contribution in [0.4, 0.5) is 19.0 Å². The summed E-state index contributed by atoms with van der Waals surface area (Å²) in [7, 11) is 2.00. The molecule has 0 atom stereocenters. The largest absolute Gasteiger partial charge is 0.490 e. The van der Waals surface area contributed by atoms with E-state index >= 15 is 0 Å². The van der Waals surface area contributed by atoms with Crippen LogP contribution >= 0.6 is 0 Å². The second-order valence-corrected chi connectivity index (χ2v) is 7.24. The first-order chi connectivity index (χ1) is 16.2. The number of benzene rings is 2.